The predicted molar refractivity (Wildman–Crippen MR) is 92.6 cm³/mol. The van der Waals surface area contributed by atoms with Gasteiger partial charge in [0.15, 0.2) is 0 Å². The molecule has 0 radical (unpaired) electrons. The van der Waals surface area contributed by atoms with E-state index < -0.39 is 0 Å². The zero-order valence-corrected chi connectivity index (χ0v) is 13.7. The summed E-state index contributed by atoms with van der Waals surface area (Å²) in [6.45, 7) is 2.76. The highest BCUT2D eigenvalue weighted by molar-refractivity contribution is 7.99. The lowest BCUT2D eigenvalue weighted by atomic mass is 9.73. The number of H-pyrrole nitrogens is 1. The number of carbonyl (C=O) groups is 1. The van der Waals surface area contributed by atoms with E-state index in [2.05, 4.69) is 34.7 Å². The molecule has 1 aromatic heterocycles. The van der Waals surface area contributed by atoms with Crippen molar-refractivity contribution < 1.29 is 4.79 Å². The topological polar surface area (TPSA) is 44.9 Å². The Hall–Kier alpha value is -1.26. The molecule has 0 saturated carbocycles. The van der Waals surface area contributed by atoms with Crippen molar-refractivity contribution in [1.82, 2.24) is 10.3 Å². The number of Topliss-reactive ketones (excluding diaryl/α,β-unsaturated/α-hetero) is 1. The number of aromatic amines is 1. The third kappa shape index (κ3) is 2.48. The summed E-state index contributed by atoms with van der Waals surface area (Å²) in [5, 5.41) is 5.23. The molecule has 2 N–H and O–H groups in total. The van der Waals surface area contributed by atoms with Gasteiger partial charge in [-0.2, -0.15) is 11.8 Å². The molecule has 1 saturated heterocycles. The van der Waals surface area contributed by atoms with Crippen LogP contribution < -0.4 is 5.32 Å². The Morgan fingerprint density at radius 1 is 1.41 bits per heavy atom. The van der Waals surface area contributed by atoms with Crippen molar-refractivity contribution in [2.75, 3.05) is 18.1 Å². The van der Waals surface area contributed by atoms with Crippen LogP contribution in [0.2, 0.25) is 0 Å². The fourth-order valence-electron chi connectivity index (χ4n) is 4.11. The highest BCUT2D eigenvalue weighted by atomic mass is 32.2. The second-order valence-corrected chi connectivity index (χ2v) is 7.76. The molecule has 1 aromatic carbocycles. The molecule has 2 aromatic rings. The van der Waals surface area contributed by atoms with Crippen LogP contribution in [0.4, 0.5) is 0 Å². The molecule has 116 valence electrons. The molecule has 3 nitrogen and oxygen atoms in total. The lowest BCUT2D eigenvalue weighted by Gasteiger charge is -2.40. The van der Waals surface area contributed by atoms with Crippen molar-refractivity contribution in [3.05, 3.63) is 35.5 Å². The van der Waals surface area contributed by atoms with Crippen molar-refractivity contribution in [2.24, 2.45) is 5.92 Å². The van der Waals surface area contributed by atoms with Gasteiger partial charge in [-0.15, -0.1) is 0 Å². The summed E-state index contributed by atoms with van der Waals surface area (Å²) < 4.78 is 0. The quantitative estimate of drug-likeness (QED) is 0.911. The van der Waals surface area contributed by atoms with Gasteiger partial charge in [-0.1, -0.05) is 12.1 Å². The van der Waals surface area contributed by atoms with Gasteiger partial charge in [0.2, 0.25) is 0 Å². The molecule has 0 spiro atoms. The van der Waals surface area contributed by atoms with E-state index in [0.29, 0.717) is 23.6 Å². The number of fused-ring (bicyclic) bond motifs is 2. The maximum atomic E-state index is 11.1. The lowest BCUT2D eigenvalue weighted by molar-refractivity contribution is -0.114. The first kappa shape index (κ1) is 14.3. The van der Waals surface area contributed by atoms with E-state index in [1.54, 1.807) is 18.7 Å². The second-order valence-electron chi connectivity index (χ2n) is 6.73. The minimum Gasteiger partial charge on any atom is -0.361 e. The summed E-state index contributed by atoms with van der Waals surface area (Å²) in [6.07, 6.45) is 4.56. The highest BCUT2D eigenvalue weighted by Crippen LogP contribution is 2.42. The zero-order chi connectivity index (χ0) is 15.1. The van der Waals surface area contributed by atoms with Gasteiger partial charge in [-0.3, -0.25) is 4.79 Å². The van der Waals surface area contributed by atoms with Crippen molar-refractivity contribution in [2.45, 2.75) is 31.7 Å². The van der Waals surface area contributed by atoms with Gasteiger partial charge < -0.3 is 10.3 Å². The zero-order valence-electron chi connectivity index (χ0n) is 12.9. The Morgan fingerprint density at radius 2 is 2.32 bits per heavy atom. The first-order chi connectivity index (χ1) is 10.7. The van der Waals surface area contributed by atoms with Crippen LogP contribution in [0.15, 0.2) is 24.4 Å². The van der Waals surface area contributed by atoms with Crippen LogP contribution in [0.1, 0.15) is 30.4 Å². The summed E-state index contributed by atoms with van der Waals surface area (Å²) in [7, 11) is 0. The Kier molecular flexibility index (Phi) is 3.74. The normalized spacial score (nSPS) is 26.9. The monoisotopic (exact) mass is 314 g/mol. The molecule has 1 aliphatic carbocycles. The Balaban J connectivity index is 1.55. The molecule has 0 unspecified atom stereocenters. The number of carbonyl (C=O) groups excluding carboxylic acids is 1. The van der Waals surface area contributed by atoms with Crippen molar-refractivity contribution in [3.8, 4) is 0 Å². The highest BCUT2D eigenvalue weighted by Gasteiger charge is 2.36. The van der Waals surface area contributed by atoms with E-state index in [1.165, 1.54) is 28.5 Å². The number of aromatic nitrogens is 1. The fraction of sp³-hybridized carbons (Fsp3) is 0.500. The number of hydrogen-bond donors (Lipinski definition) is 2. The number of ketones is 1. The van der Waals surface area contributed by atoms with Crippen LogP contribution in [0, 0.1) is 5.92 Å². The van der Waals surface area contributed by atoms with E-state index in [1.807, 2.05) is 0 Å². The molecular weight excluding hydrogens is 292 g/mol. The summed E-state index contributed by atoms with van der Waals surface area (Å²) in [4.78, 5) is 14.5. The molecular formula is C18H22N2OS. The minimum atomic E-state index is 0.283. The van der Waals surface area contributed by atoms with E-state index in [9.17, 15) is 4.79 Å². The maximum Gasteiger partial charge on any atom is 0.139 e. The van der Waals surface area contributed by atoms with E-state index >= 15 is 0 Å². The van der Waals surface area contributed by atoms with Gasteiger partial charge in [0, 0.05) is 29.1 Å². The number of piperidine rings is 1. The first-order valence-corrected chi connectivity index (χ1v) is 9.27. The van der Waals surface area contributed by atoms with Gasteiger partial charge >= 0.3 is 0 Å². The van der Waals surface area contributed by atoms with Gasteiger partial charge in [-0.25, -0.2) is 0 Å². The Morgan fingerprint density at radius 3 is 3.18 bits per heavy atom. The SMILES string of the molecule is CC(=O)CSC[C@H]1CN[C@@H]2Cc3c[nH]c4cccc(c34)[C@H]2C1. The largest absolute Gasteiger partial charge is 0.361 e. The van der Waals surface area contributed by atoms with Crippen LogP contribution in [0.3, 0.4) is 0 Å². The average Bonchev–Trinajstić information content (AvgIpc) is 2.92. The van der Waals surface area contributed by atoms with Crippen LogP contribution >= 0.6 is 11.8 Å². The minimum absolute atomic E-state index is 0.283. The van der Waals surface area contributed by atoms with Crippen LogP contribution in [0.5, 0.6) is 0 Å². The van der Waals surface area contributed by atoms with Gasteiger partial charge in [-0.05, 0) is 55.2 Å². The third-order valence-corrected chi connectivity index (χ3v) is 6.38. The predicted octanol–water partition coefficient (Wildman–Crippen LogP) is 3.11. The van der Waals surface area contributed by atoms with Gasteiger partial charge in [0.1, 0.15) is 5.78 Å². The molecule has 4 rings (SSSR count). The molecule has 2 heterocycles. The molecule has 22 heavy (non-hydrogen) atoms. The van der Waals surface area contributed by atoms with Crippen molar-refractivity contribution in [3.63, 3.8) is 0 Å². The average molecular weight is 314 g/mol. The number of hydrogen-bond acceptors (Lipinski definition) is 3. The smallest absolute Gasteiger partial charge is 0.139 e. The third-order valence-electron chi connectivity index (χ3n) is 5.06. The van der Waals surface area contributed by atoms with Gasteiger partial charge in [0.05, 0.1) is 5.75 Å². The first-order valence-electron chi connectivity index (χ1n) is 8.12. The van der Waals surface area contributed by atoms with E-state index in [0.717, 1.165) is 18.7 Å². The second kappa shape index (κ2) is 5.74. The van der Waals surface area contributed by atoms with Crippen LogP contribution in [0.25, 0.3) is 10.9 Å². The lowest BCUT2D eigenvalue weighted by Crippen LogP contribution is -2.47. The summed E-state index contributed by atoms with van der Waals surface area (Å²) in [5.41, 5.74) is 4.25. The summed E-state index contributed by atoms with van der Waals surface area (Å²) in [5.74, 6) is 3.31. The molecule has 3 atom stereocenters. The van der Waals surface area contributed by atoms with Crippen molar-refractivity contribution in [1.29, 1.82) is 0 Å². The van der Waals surface area contributed by atoms with Crippen molar-refractivity contribution >= 4 is 28.4 Å². The molecule has 1 aliphatic heterocycles. The molecule has 1 fully saturated rings. The fourth-order valence-corrected chi connectivity index (χ4v) is 5.11. The van der Waals surface area contributed by atoms with Crippen LogP contribution in [-0.4, -0.2) is 34.9 Å². The molecule has 4 heteroatoms. The number of benzene rings is 1. The van der Waals surface area contributed by atoms with Crippen LogP contribution in [-0.2, 0) is 11.2 Å². The summed E-state index contributed by atoms with van der Waals surface area (Å²) >= 11 is 1.79. The summed E-state index contributed by atoms with van der Waals surface area (Å²) in [6, 6.07) is 7.24. The van der Waals surface area contributed by atoms with E-state index in [-0.39, 0.29) is 5.78 Å². The molecule has 2 aliphatic rings. The molecule has 0 amide bonds. The van der Waals surface area contributed by atoms with Gasteiger partial charge in [0.25, 0.3) is 0 Å². The van der Waals surface area contributed by atoms with E-state index in [4.69, 9.17) is 0 Å². The number of nitrogens with one attached hydrogen (secondary N) is 2. The number of rotatable bonds is 4. The molecule has 0 bridgehead atoms. The Labute approximate surface area is 135 Å². The number of thioether (sulfide) groups is 1. The Bertz CT molecular complexity index is 708. The standard InChI is InChI=1S/C18H22N2OS/c1-11(21)9-22-10-12-5-15-14-3-2-4-16-18(14)13(8-20-16)6-17(15)19-7-12/h2-4,8,12,15,17,19-20H,5-7,9-10H2,1H3/t12-,15-,17-/m1/s1. The maximum absolute atomic E-state index is 11.1.